The maximum atomic E-state index is 13.2. The van der Waals surface area contributed by atoms with Gasteiger partial charge in [0.05, 0.1) is 35.3 Å². The van der Waals surface area contributed by atoms with Crippen molar-refractivity contribution in [1.29, 1.82) is 0 Å². The Kier molecular flexibility index (Phi) is 5.94. The number of fused-ring (bicyclic) bond motifs is 1. The lowest BCUT2D eigenvalue weighted by Gasteiger charge is -2.25. The Hall–Kier alpha value is -2.95. The molecule has 1 aliphatic rings. The van der Waals surface area contributed by atoms with Crippen molar-refractivity contribution in [2.24, 2.45) is 5.73 Å². The van der Waals surface area contributed by atoms with E-state index < -0.39 is 23.4 Å². The van der Waals surface area contributed by atoms with Gasteiger partial charge in [-0.3, -0.25) is 9.36 Å². The number of rotatable bonds is 5. The molecule has 0 bridgehead atoms. The predicted octanol–water partition coefficient (Wildman–Crippen LogP) is 1.67. The van der Waals surface area contributed by atoms with Crippen molar-refractivity contribution in [3.8, 4) is 0 Å². The summed E-state index contributed by atoms with van der Waals surface area (Å²) in [5.41, 5.74) is 6.21. The highest BCUT2D eigenvalue weighted by molar-refractivity contribution is 7.11. The van der Waals surface area contributed by atoms with Crippen LogP contribution in [0.15, 0.2) is 45.4 Å². The third kappa shape index (κ3) is 3.67. The predicted molar refractivity (Wildman–Crippen MR) is 122 cm³/mol. The quantitative estimate of drug-likeness (QED) is 0.565. The monoisotopic (exact) mass is 474 g/mol. The van der Waals surface area contributed by atoms with Crippen molar-refractivity contribution in [2.45, 2.75) is 12.8 Å². The average Bonchev–Trinajstić information content (AvgIpc) is 3.50. The summed E-state index contributed by atoms with van der Waals surface area (Å²) in [6.45, 7) is 1.85. The smallest absolute Gasteiger partial charge is 0.338 e. The molecular weight excluding hydrogens is 456 g/mol. The standard InChI is InChI=1S/C21H18N2O5S3/c1-3-28-21(26)16-14(12-7-5-9-30-12)15(20(25)27-2)17(22)23-18(24)13(31-19(16)23)10-11-6-4-8-29-11/h4-10,14H,3,22H2,1-2H3/t14-/m0/s1. The summed E-state index contributed by atoms with van der Waals surface area (Å²) >= 11 is 4.01. The molecular formula is C21H18N2O5S3. The molecule has 0 fully saturated rings. The molecule has 4 heterocycles. The van der Waals surface area contributed by atoms with Crippen molar-refractivity contribution in [3.63, 3.8) is 0 Å². The first-order chi connectivity index (χ1) is 15.0. The van der Waals surface area contributed by atoms with Crippen molar-refractivity contribution in [1.82, 2.24) is 4.57 Å². The Morgan fingerprint density at radius 3 is 2.52 bits per heavy atom. The number of esters is 2. The lowest BCUT2D eigenvalue weighted by atomic mass is 9.88. The van der Waals surface area contributed by atoms with Gasteiger partial charge in [0.15, 0.2) is 0 Å². The van der Waals surface area contributed by atoms with E-state index in [1.54, 1.807) is 13.0 Å². The molecule has 160 valence electrons. The fraction of sp³-hybridized carbons (Fsp3) is 0.190. The fourth-order valence-electron chi connectivity index (χ4n) is 3.41. The van der Waals surface area contributed by atoms with Crippen molar-refractivity contribution >= 4 is 63.4 Å². The second kappa shape index (κ2) is 8.66. The first-order valence-electron chi connectivity index (χ1n) is 9.28. The number of hydrogen-bond acceptors (Lipinski definition) is 9. The molecule has 0 spiro atoms. The molecule has 1 aliphatic heterocycles. The minimum absolute atomic E-state index is 0.0413. The number of aromatic nitrogens is 1. The summed E-state index contributed by atoms with van der Waals surface area (Å²) in [5.74, 6) is -2.14. The van der Waals surface area contributed by atoms with Gasteiger partial charge in [-0.1, -0.05) is 12.1 Å². The van der Waals surface area contributed by atoms with Gasteiger partial charge in [0, 0.05) is 9.75 Å². The van der Waals surface area contributed by atoms with Gasteiger partial charge in [0.25, 0.3) is 5.56 Å². The van der Waals surface area contributed by atoms with Crippen LogP contribution in [-0.2, 0) is 19.1 Å². The lowest BCUT2D eigenvalue weighted by Crippen LogP contribution is -2.41. The third-order valence-corrected chi connectivity index (χ3v) is 7.56. The normalized spacial score (nSPS) is 16.4. The second-order valence-electron chi connectivity index (χ2n) is 6.44. The summed E-state index contributed by atoms with van der Waals surface area (Å²) in [5, 5.41) is 3.75. The van der Waals surface area contributed by atoms with E-state index in [1.807, 2.05) is 35.0 Å². The van der Waals surface area contributed by atoms with Crippen LogP contribution in [0.25, 0.3) is 17.5 Å². The zero-order chi connectivity index (χ0) is 22.1. The molecule has 10 heteroatoms. The van der Waals surface area contributed by atoms with E-state index in [9.17, 15) is 14.4 Å². The van der Waals surface area contributed by atoms with Crippen molar-refractivity contribution in [3.05, 3.63) is 69.9 Å². The van der Waals surface area contributed by atoms with Crippen LogP contribution in [0.5, 0.6) is 0 Å². The van der Waals surface area contributed by atoms with Crippen LogP contribution in [0.2, 0.25) is 0 Å². The van der Waals surface area contributed by atoms with Gasteiger partial charge in [-0.05, 0) is 35.9 Å². The van der Waals surface area contributed by atoms with Crippen LogP contribution >= 0.6 is 34.0 Å². The van der Waals surface area contributed by atoms with Crippen LogP contribution < -0.4 is 20.5 Å². The Bertz CT molecular complexity index is 1340. The summed E-state index contributed by atoms with van der Waals surface area (Å²) < 4.78 is 12.3. The first-order valence-corrected chi connectivity index (χ1v) is 11.9. The summed E-state index contributed by atoms with van der Waals surface area (Å²) in [4.78, 5) is 40.7. The molecule has 0 saturated heterocycles. The number of nitrogens with two attached hydrogens (primary N) is 1. The van der Waals surface area contributed by atoms with E-state index in [2.05, 4.69) is 0 Å². The highest BCUT2D eigenvalue weighted by Crippen LogP contribution is 2.39. The molecule has 0 amide bonds. The van der Waals surface area contributed by atoms with E-state index in [0.717, 1.165) is 21.1 Å². The maximum absolute atomic E-state index is 13.2. The van der Waals surface area contributed by atoms with Crippen LogP contribution in [0, 0.1) is 0 Å². The minimum atomic E-state index is -0.792. The number of ether oxygens (including phenoxy) is 2. The molecule has 0 aliphatic carbocycles. The molecule has 31 heavy (non-hydrogen) atoms. The Balaban J connectivity index is 2.13. The van der Waals surface area contributed by atoms with E-state index in [-0.39, 0.29) is 23.6 Å². The van der Waals surface area contributed by atoms with E-state index >= 15 is 0 Å². The van der Waals surface area contributed by atoms with Gasteiger partial charge in [-0.25, -0.2) is 9.59 Å². The largest absolute Gasteiger partial charge is 0.466 e. The van der Waals surface area contributed by atoms with E-state index in [0.29, 0.717) is 9.20 Å². The first kappa shape index (κ1) is 21.3. The Morgan fingerprint density at radius 2 is 1.90 bits per heavy atom. The number of nitrogens with zero attached hydrogens (tertiary/aromatic N) is 1. The van der Waals surface area contributed by atoms with Crippen LogP contribution in [0.4, 0.5) is 0 Å². The Morgan fingerprint density at radius 1 is 1.16 bits per heavy atom. The SMILES string of the molecule is CCOC(=O)C1=c2sc(=Cc3cccs3)c(=O)n2C(N)=C(C(=O)OC)[C@@H]1c1cccs1. The van der Waals surface area contributed by atoms with E-state index in [1.165, 1.54) is 34.4 Å². The molecule has 0 aromatic carbocycles. The maximum Gasteiger partial charge on any atom is 0.338 e. The molecule has 0 unspecified atom stereocenters. The number of hydrogen-bond donors (Lipinski definition) is 1. The fourth-order valence-corrected chi connectivity index (χ4v) is 6.14. The number of carbonyl (C=O) groups is 2. The lowest BCUT2D eigenvalue weighted by molar-refractivity contribution is -0.136. The van der Waals surface area contributed by atoms with Crippen molar-refractivity contribution < 1.29 is 19.1 Å². The average molecular weight is 475 g/mol. The molecule has 1 atom stereocenters. The topological polar surface area (TPSA) is 101 Å². The summed E-state index contributed by atoms with van der Waals surface area (Å²) in [6, 6.07) is 7.40. The molecule has 7 nitrogen and oxygen atoms in total. The second-order valence-corrected chi connectivity index (χ2v) is 9.43. The molecule has 0 saturated carbocycles. The van der Waals surface area contributed by atoms with Gasteiger partial charge in [0.1, 0.15) is 10.5 Å². The van der Waals surface area contributed by atoms with E-state index in [4.69, 9.17) is 15.2 Å². The van der Waals surface area contributed by atoms with Gasteiger partial charge in [-0.15, -0.1) is 34.0 Å². The van der Waals surface area contributed by atoms with Gasteiger partial charge >= 0.3 is 11.9 Å². The molecule has 3 aromatic heterocycles. The van der Waals surface area contributed by atoms with Gasteiger partial charge < -0.3 is 15.2 Å². The molecule has 4 rings (SSSR count). The van der Waals surface area contributed by atoms with Crippen LogP contribution in [-0.4, -0.2) is 30.2 Å². The molecule has 0 radical (unpaired) electrons. The summed E-state index contributed by atoms with van der Waals surface area (Å²) in [7, 11) is 1.24. The summed E-state index contributed by atoms with van der Waals surface area (Å²) in [6.07, 6.45) is 1.75. The van der Waals surface area contributed by atoms with Crippen LogP contribution in [0.3, 0.4) is 0 Å². The highest BCUT2D eigenvalue weighted by atomic mass is 32.1. The number of methoxy groups -OCH3 is 1. The zero-order valence-corrected chi connectivity index (χ0v) is 19.1. The van der Waals surface area contributed by atoms with Crippen LogP contribution in [0.1, 0.15) is 22.6 Å². The number of thiazole rings is 1. The van der Waals surface area contributed by atoms with Gasteiger partial charge in [-0.2, -0.15) is 0 Å². The minimum Gasteiger partial charge on any atom is -0.466 e. The number of carbonyl (C=O) groups excluding carboxylic acids is 2. The third-order valence-electron chi connectivity index (χ3n) is 4.69. The molecule has 2 N–H and O–H groups in total. The van der Waals surface area contributed by atoms with Crippen molar-refractivity contribution in [2.75, 3.05) is 13.7 Å². The Labute approximate surface area is 189 Å². The number of thiophene rings is 2. The zero-order valence-electron chi connectivity index (χ0n) is 16.6. The highest BCUT2D eigenvalue weighted by Gasteiger charge is 2.40. The molecule has 3 aromatic rings. The van der Waals surface area contributed by atoms with Gasteiger partial charge in [0.2, 0.25) is 0 Å².